The highest BCUT2D eigenvalue weighted by Crippen LogP contribution is 2.51. The molecule has 0 aromatic heterocycles. The van der Waals surface area contributed by atoms with E-state index in [2.05, 4.69) is 48.9 Å². The van der Waals surface area contributed by atoms with Crippen LogP contribution < -0.4 is 4.74 Å². The number of esters is 1. The van der Waals surface area contributed by atoms with Crippen molar-refractivity contribution < 1.29 is 19.1 Å². The largest absolute Gasteiger partial charge is 0.427 e. The molecule has 1 unspecified atom stereocenters. The number of nitrogens with zero attached hydrogens (tertiary/aromatic N) is 2. The van der Waals surface area contributed by atoms with E-state index < -0.39 is 0 Å². The zero-order valence-electron chi connectivity index (χ0n) is 24.4. The van der Waals surface area contributed by atoms with Gasteiger partial charge in [0.05, 0.1) is 6.10 Å². The maximum absolute atomic E-state index is 14.3. The summed E-state index contributed by atoms with van der Waals surface area (Å²) >= 11 is 0. The number of fused-ring (bicyclic) bond motifs is 2. The lowest BCUT2D eigenvalue weighted by atomic mass is 9.56. The highest BCUT2D eigenvalue weighted by Gasteiger charge is 2.53. The van der Waals surface area contributed by atoms with Gasteiger partial charge in [-0.1, -0.05) is 56.3 Å². The van der Waals surface area contributed by atoms with E-state index in [1.54, 1.807) is 7.11 Å². The molecule has 1 saturated heterocycles. The number of piperidine rings is 1. The molecular weight excluding hydrogens is 500 g/mol. The lowest BCUT2D eigenvalue weighted by Crippen LogP contribution is -2.61. The molecule has 212 valence electrons. The fourth-order valence-electron chi connectivity index (χ4n) is 7.13. The SMILES string of the molecule is COC1C[C@@H](N(CC(C)C)C(=O)c2ccc3ccccc3c2)C[C@]2(c3cccc(OC(C)=O)c3)CCN(C)C[C@@H]12. The Hall–Kier alpha value is -3.22. The Bertz CT molecular complexity index is 1370. The summed E-state index contributed by atoms with van der Waals surface area (Å²) in [5.74, 6) is 0.907. The third-order valence-electron chi connectivity index (χ3n) is 8.94. The second-order valence-electron chi connectivity index (χ2n) is 12.2. The predicted octanol–water partition coefficient (Wildman–Crippen LogP) is 5.93. The van der Waals surface area contributed by atoms with Crippen LogP contribution >= 0.6 is 0 Å². The molecule has 0 radical (unpaired) electrons. The number of amides is 1. The van der Waals surface area contributed by atoms with Crippen molar-refractivity contribution in [3.63, 3.8) is 0 Å². The van der Waals surface area contributed by atoms with E-state index in [1.807, 2.05) is 48.5 Å². The molecule has 2 aliphatic rings. The van der Waals surface area contributed by atoms with E-state index >= 15 is 0 Å². The van der Waals surface area contributed by atoms with Gasteiger partial charge in [-0.2, -0.15) is 0 Å². The number of rotatable bonds is 7. The van der Waals surface area contributed by atoms with Crippen molar-refractivity contribution in [3.05, 3.63) is 77.9 Å². The van der Waals surface area contributed by atoms with Gasteiger partial charge in [-0.25, -0.2) is 0 Å². The number of carbonyl (C=O) groups is 2. The summed E-state index contributed by atoms with van der Waals surface area (Å²) in [5.41, 5.74) is 1.69. The van der Waals surface area contributed by atoms with Gasteiger partial charge in [0.1, 0.15) is 5.75 Å². The highest BCUT2D eigenvalue weighted by molar-refractivity contribution is 5.98. The average molecular weight is 543 g/mol. The molecule has 5 rings (SSSR count). The van der Waals surface area contributed by atoms with Crippen LogP contribution in [0.4, 0.5) is 0 Å². The van der Waals surface area contributed by atoms with Gasteiger partial charge in [0.2, 0.25) is 0 Å². The molecule has 6 nitrogen and oxygen atoms in total. The van der Waals surface area contributed by atoms with Gasteiger partial charge in [-0.05, 0) is 79.4 Å². The van der Waals surface area contributed by atoms with E-state index in [0.29, 0.717) is 18.2 Å². The van der Waals surface area contributed by atoms with E-state index in [4.69, 9.17) is 9.47 Å². The molecule has 4 atom stereocenters. The highest BCUT2D eigenvalue weighted by atomic mass is 16.5. The minimum Gasteiger partial charge on any atom is -0.427 e. The predicted molar refractivity (Wildman–Crippen MR) is 159 cm³/mol. The molecule has 2 fully saturated rings. The van der Waals surface area contributed by atoms with Crippen LogP contribution in [0.25, 0.3) is 10.8 Å². The maximum atomic E-state index is 14.3. The quantitative estimate of drug-likeness (QED) is 0.274. The van der Waals surface area contributed by atoms with Gasteiger partial charge < -0.3 is 19.3 Å². The molecule has 40 heavy (non-hydrogen) atoms. The monoisotopic (exact) mass is 542 g/mol. The number of hydrogen-bond acceptors (Lipinski definition) is 5. The first kappa shape index (κ1) is 28.3. The van der Waals surface area contributed by atoms with E-state index in [9.17, 15) is 9.59 Å². The van der Waals surface area contributed by atoms with Crippen LogP contribution in [0.3, 0.4) is 0 Å². The minimum atomic E-state index is -0.324. The Morgan fingerprint density at radius 2 is 1.82 bits per heavy atom. The molecule has 0 bridgehead atoms. The first-order valence-electron chi connectivity index (χ1n) is 14.5. The van der Waals surface area contributed by atoms with Crippen molar-refractivity contribution in [2.24, 2.45) is 11.8 Å². The molecule has 6 heteroatoms. The Balaban J connectivity index is 1.56. The fraction of sp³-hybridized carbons (Fsp3) is 0.471. The summed E-state index contributed by atoms with van der Waals surface area (Å²) in [4.78, 5) is 30.5. The number of hydrogen-bond donors (Lipinski definition) is 0. The van der Waals surface area contributed by atoms with Gasteiger partial charge in [0, 0.05) is 50.1 Å². The van der Waals surface area contributed by atoms with E-state index in [1.165, 1.54) is 12.5 Å². The third-order valence-corrected chi connectivity index (χ3v) is 8.94. The molecule has 1 aliphatic heterocycles. The maximum Gasteiger partial charge on any atom is 0.308 e. The fourth-order valence-corrected chi connectivity index (χ4v) is 7.13. The van der Waals surface area contributed by atoms with E-state index in [-0.39, 0.29) is 35.4 Å². The van der Waals surface area contributed by atoms with E-state index in [0.717, 1.165) is 48.7 Å². The van der Waals surface area contributed by atoms with Crippen molar-refractivity contribution >= 4 is 22.6 Å². The summed E-state index contributed by atoms with van der Waals surface area (Å²) in [6.45, 7) is 8.35. The smallest absolute Gasteiger partial charge is 0.308 e. The Morgan fingerprint density at radius 1 is 1.05 bits per heavy atom. The number of ether oxygens (including phenoxy) is 2. The van der Waals surface area contributed by atoms with Crippen molar-refractivity contribution in [3.8, 4) is 5.75 Å². The average Bonchev–Trinajstić information content (AvgIpc) is 2.94. The summed E-state index contributed by atoms with van der Waals surface area (Å²) in [6, 6.07) is 22.3. The summed E-state index contributed by atoms with van der Waals surface area (Å²) in [7, 11) is 3.98. The first-order valence-corrected chi connectivity index (χ1v) is 14.5. The molecular formula is C34H42N2O4. The second-order valence-corrected chi connectivity index (χ2v) is 12.2. The number of methoxy groups -OCH3 is 1. The van der Waals surface area contributed by atoms with Gasteiger partial charge in [-0.3, -0.25) is 9.59 Å². The number of carbonyl (C=O) groups excluding carboxylic acids is 2. The summed E-state index contributed by atoms with van der Waals surface area (Å²) < 4.78 is 11.7. The Morgan fingerprint density at radius 3 is 2.55 bits per heavy atom. The molecule has 1 aliphatic carbocycles. The lowest BCUT2D eigenvalue weighted by molar-refractivity contribution is -0.131. The number of likely N-dealkylation sites (tertiary alicyclic amines) is 1. The van der Waals surface area contributed by atoms with Gasteiger partial charge in [-0.15, -0.1) is 0 Å². The van der Waals surface area contributed by atoms with Crippen LogP contribution in [0.1, 0.15) is 56.0 Å². The molecule has 1 saturated carbocycles. The van der Waals surface area contributed by atoms with Crippen LogP contribution in [0.15, 0.2) is 66.7 Å². The molecule has 1 heterocycles. The van der Waals surface area contributed by atoms with Crippen molar-refractivity contribution in [1.29, 1.82) is 0 Å². The minimum absolute atomic E-state index is 0.00190. The van der Waals surface area contributed by atoms with Crippen molar-refractivity contribution in [1.82, 2.24) is 9.80 Å². The standard InChI is InChI=1S/C34H42N2O4/c1-23(2)21-36(33(38)27-14-13-25-9-6-7-10-26(25)17-27)29-19-32(39-5)31-22-35(4)16-15-34(31,20-29)28-11-8-12-30(18-28)40-24(3)37/h6-14,17-18,23,29,31-32H,15-16,19-22H2,1-5H3/t29-,31+,32?,34+/m1/s1. The third kappa shape index (κ3) is 5.65. The Kier molecular flexibility index (Phi) is 8.29. The van der Waals surface area contributed by atoms with Gasteiger partial charge >= 0.3 is 5.97 Å². The molecule has 1 amide bonds. The Labute approximate surface area is 238 Å². The lowest BCUT2D eigenvalue weighted by Gasteiger charge is -2.56. The molecule has 3 aromatic carbocycles. The first-order chi connectivity index (χ1) is 19.2. The number of benzene rings is 3. The zero-order valence-corrected chi connectivity index (χ0v) is 24.4. The van der Waals surface area contributed by atoms with Crippen molar-refractivity contribution in [2.45, 2.75) is 57.6 Å². The van der Waals surface area contributed by atoms with Gasteiger partial charge in [0.15, 0.2) is 0 Å². The summed E-state index contributed by atoms with van der Waals surface area (Å²) in [5, 5.41) is 2.21. The molecule has 0 N–H and O–H groups in total. The van der Waals surface area contributed by atoms with Crippen LogP contribution in [0, 0.1) is 11.8 Å². The van der Waals surface area contributed by atoms with Gasteiger partial charge in [0.25, 0.3) is 5.91 Å². The van der Waals surface area contributed by atoms with Crippen LogP contribution in [-0.2, 0) is 14.9 Å². The molecule has 0 spiro atoms. The summed E-state index contributed by atoms with van der Waals surface area (Å²) in [6.07, 6.45) is 2.60. The second kappa shape index (κ2) is 11.7. The molecule has 3 aromatic rings. The van der Waals surface area contributed by atoms with Crippen LogP contribution in [-0.4, -0.2) is 67.6 Å². The zero-order chi connectivity index (χ0) is 28.4. The van der Waals surface area contributed by atoms with Crippen molar-refractivity contribution in [2.75, 3.05) is 33.8 Å². The van der Waals surface area contributed by atoms with Crippen LogP contribution in [0.5, 0.6) is 5.75 Å². The topological polar surface area (TPSA) is 59.1 Å². The normalized spacial score (nSPS) is 25.0. The van der Waals surface area contributed by atoms with Crippen LogP contribution in [0.2, 0.25) is 0 Å².